The van der Waals surface area contributed by atoms with Gasteiger partial charge in [0.1, 0.15) is 11.5 Å². The van der Waals surface area contributed by atoms with Gasteiger partial charge in [-0.3, -0.25) is 10.1 Å². The van der Waals surface area contributed by atoms with Gasteiger partial charge in [-0.25, -0.2) is 4.98 Å². The Bertz CT molecular complexity index is 606. The van der Waals surface area contributed by atoms with Crippen LogP contribution < -0.4 is 5.32 Å². The first-order valence-electron chi connectivity index (χ1n) is 5.98. The molecule has 6 nitrogen and oxygen atoms in total. The first-order chi connectivity index (χ1) is 8.99. The summed E-state index contributed by atoms with van der Waals surface area (Å²) in [6.45, 7) is 3.75. The van der Waals surface area contributed by atoms with Crippen LogP contribution in [-0.4, -0.2) is 14.5 Å². The Kier molecular flexibility index (Phi) is 3.50. The summed E-state index contributed by atoms with van der Waals surface area (Å²) < 4.78 is 1.89. The quantitative estimate of drug-likeness (QED) is 0.677. The summed E-state index contributed by atoms with van der Waals surface area (Å²) >= 11 is 0. The molecule has 19 heavy (non-hydrogen) atoms. The number of aryl methyl sites for hydroxylation is 2. The molecule has 0 spiro atoms. The van der Waals surface area contributed by atoms with Gasteiger partial charge >= 0.3 is 0 Å². The van der Waals surface area contributed by atoms with Crippen molar-refractivity contribution in [2.75, 3.05) is 5.32 Å². The van der Waals surface area contributed by atoms with Gasteiger partial charge in [-0.05, 0) is 25.5 Å². The third-order valence-electron chi connectivity index (χ3n) is 2.97. The Morgan fingerprint density at radius 3 is 2.79 bits per heavy atom. The fourth-order valence-electron chi connectivity index (χ4n) is 2.01. The minimum absolute atomic E-state index is 0.0843. The van der Waals surface area contributed by atoms with Crippen molar-refractivity contribution in [2.24, 2.45) is 7.05 Å². The molecule has 1 aromatic carbocycles. The summed E-state index contributed by atoms with van der Waals surface area (Å²) in [5.41, 5.74) is 1.45. The number of imidazole rings is 1. The second-order valence-electron chi connectivity index (χ2n) is 4.54. The maximum Gasteiger partial charge on any atom is 0.292 e. The fourth-order valence-corrected chi connectivity index (χ4v) is 2.01. The van der Waals surface area contributed by atoms with Gasteiger partial charge in [0.25, 0.3) is 5.69 Å². The fraction of sp³-hybridized carbons (Fsp3) is 0.308. The van der Waals surface area contributed by atoms with E-state index in [2.05, 4.69) is 10.3 Å². The van der Waals surface area contributed by atoms with Gasteiger partial charge in [-0.2, -0.15) is 0 Å². The maximum absolute atomic E-state index is 11.1. The van der Waals surface area contributed by atoms with Crippen molar-refractivity contribution < 1.29 is 4.92 Å². The molecule has 0 saturated heterocycles. The number of rotatable bonds is 4. The van der Waals surface area contributed by atoms with Crippen molar-refractivity contribution >= 4 is 11.4 Å². The molecular formula is C13H16N4O2. The van der Waals surface area contributed by atoms with Crippen molar-refractivity contribution in [3.63, 3.8) is 0 Å². The van der Waals surface area contributed by atoms with E-state index in [-0.39, 0.29) is 16.7 Å². The molecule has 0 saturated carbocycles. The average Bonchev–Trinajstić information content (AvgIpc) is 2.77. The summed E-state index contributed by atoms with van der Waals surface area (Å²) in [5.74, 6) is 0.829. The predicted molar refractivity (Wildman–Crippen MR) is 73.1 cm³/mol. The summed E-state index contributed by atoms with van der Waals surface area (Å²) in [4.78, 5) is 14.9. The van der Waals surface area contributed by atoms with Gasteiger partial charge in [-0.15, -0.1) is 0 Å². The molecule has 1 heterocycles. The van der Waals surface area contributed by atoms with E-state index in [0.29, 0.717) is 5.69 Å². The van der Waals surface area contributed by atoms with Crippen molar-refractivity contribution in [1.82, 2.24) is 9.55 Å². The van der Waals surface area contributed by atoms with Crippen molar-refractivity contribution in [3.05, 3.63) is 52.1 Å². The molecule has 0 radical (unpaired) electrons. The van der Waals surface area contributed by atoms with Crippen LogP contribution in [-0.2, 0) is 7.05 Å². The molecule has 6 heteroatoms. The standard InChI is InChI=1S/C13H16N4O2/c1-9-4-5-11(12(8-9)17(18)19)15-10(2)13-14-6-7-16(13)3/h4-8,10,15H,1-3H3. The summed E-state index contributed by atoms with van der Waals surface area (Å²) in [7, 11) is 1.89. The highest BCUT2D eigenvalue weighted by atomic mass is 16.6. The smallest absolute Gasteiger partial charge is 0.292 e. The number of nitrogens with one attached hydrogen (secondary N) is 1. The topological polar surface area (TPSA) is 73.0 Å². The van der Waals surface area contributed by atoms with Crippen LogP contribution in [0.5, 0.6) is 0 Å². The molecule has 0 bridgehead atoms. The molecule has 0 fully saturated rings. The van der Waals surface area contributed by atoms with Gasteiger partial charge in [-0.1, -0.05) is 6.07 Å². The Balaban J connectivity index is 2.29. The first-order valence-corrected chi connectivity index (χ1v) is 5.98. The number of benzene rings is 1. The Hall–Kier alpha value is -2.37. The zero-order valence-electron chi connectivity index (χ0n) is 11.1. The molecular weight excluding hydrogens is 244 g/mol. The predicted octanol–water partition coefficient (Wildman–Crippen LogP) is 2.81. The molecule has 0 amide bonds. The van der Waals surface area contributed by atoms with E-state index in [4.69, 9.17) is 0 Å². The molecule has 2 rings (SSSR count). The molecule has 100 valence electrons. The molecule has 0 aliphatic heterocycles. The number of aromatic nitrogens is 2. The van der Waals surface area contributed by atoms with E-state index in [9.17, 15) is 10.1 Å². The van der Waals surface area contributed by atoms with E-state index in [1.807, 2.05) is 37.7 Å². The first kappa shape index (κ1) is 13.1. The lowest BCUT2D eigenvalue weighted by Gasteiger charge is -2.15. The van der Waals surface area contributed by atoms with E-state index in [1.54, 1.807) is 18.3 Å². The van der Waals surface area contributed by atoms with Crippen LogP contribution in [0.15, 0.2) is 30.6 Å². The van der Waals surface area contributed by atoms with E-state index in [0.717, 1.165) is 11.4 Å². The maximum atomic E-state index is 11.1. The molecule has 2 aromatic rings. The van der Waals surface area contributed by atoms with Crippen LogP contribution in [0.3, 0.4) is 0 Å². The van der Waals surface area contributed by atoms with Gasteiger partial charge in [0.2, 0.25) is 0 Å². The number of hydrogen-bond acceptors (Lipinski definition) is 4. The average molecular weight is 260 g/mol. The number of nitro benzene ring substituents is 1. The monoisotopic (exact) mass is 260 g/mol. The SMILES string of the molecule is Cc1ccc(NC(C)c2nccn2C)c([N+](=O)[O-])c1. The van der Waals surface area contributed by atoms with Gasteiger partial charge < -0.3 is 9.88 Å². The van der Waals surface area contributed by atoms with Crippen molar-refractivity contribution in [3.8, 4) is 0 Å². The Labute approximate surface area is 111 Å². The number of hydrogen-bond donors (Lipinski definition) is 1. The molecule has 1 atom stereocenters. The van der Waals surface area contributed by atoms with Crippen LogP contribution in [0.4, 0.5) is 11.4 Å². The van der Waals surface area contributed by atoms with Crippen LogP contribution >= 0.6 is 0 Å². The molecule has 1 N–H and O–H groups in total. The van der Waals surface area contributed by atoms with Crippen LogP contribution in [0, 0.1) is 17.0 Å². The minimum Gasteiger partial charge on any atom is -0.370 e. The lowest BCUT2D eigenvalue weighted by molar-refractivity contribution is -0.384. The number of nitro groups is 1. The normalized spacial score (nSPS) is 12.2. The zero-order chi connectivity index (χ0) is 14.0. The third kappa shape index (κ3) is 2.73. The van der Waals surface area contributed by atoms with Gasteiger partial charge in [0.05, 0.1) is 11.0 Å². The van der Waals surface area contributed by atoms with Gasteiger partial charge in [0.15, 0.2) is 0 Å². The zero-order valence-corrected chi connectivity index (χ0v) is 11.1. The van der Waals surface area contributed by atoms with Crippen molar-refractivity contribution in [1.29, 1.82) is 0 Å². The highest BCUT2D eigenvalue weighted by molar-refractivity contribution is 5.63. The number of nitrogens with zero attached hydrogens (tertiary/aromatic N) is 3. The lowest BCUT2D eigenvalue weighted by Crippen LogP contribution is -2.12. The highest BCUT2D eigenvalue weighted by Gasteiger charge is 2.17. The van der Waals surface area contributed by atoms with Crippen molar-refractivity contribution in [2.45, 2.75) is 19.9 Å². The Morgan fingerprint density at radius 1 is 1.47 bits per heavy atom. The summed E-state index contributed by atoms with van der Waals surface area (Å²) in [6.07, 6.45) is 3.55. The lowest BCUT2D eigenvalue weighted by atomic mass is 10.1. The minimum atomic E-state index is -0.375. The summed E-state index contributed by atoms with van der Waals surface area (Å²) in [6, 6.07) is 5.03. The molecule has 0 aliphatic rings. The largest absolute Gasteiger partial charge is 0.370 e. The summed E-state index contributed by atoms with van der Waals surface area (Å²) in [5, 5.41) is 14.2. The van der Waals surface area contributed by atoms with E-state index >= 15 is 0 Å². The molecule has 0 aliphatic carbocycles. The van der Waals surface area contributed by atoms with Gasteiger partial charge in [0, 0.05) is 25.5 Å². The third-order valence-corrected chi connectivity index (χ3v) is 2.97. The Morgan fingerprint density at radius 2 is 2.21 bits per heavy atom. The second-order valence-corrected chi connectivity index (χ2v) is 4.54. The second kappa shape index (κ2) is 5.09. The van der Waals surface area contributed by atoms with Crippen LogP contribution in [0.25, 0.3) is 0 Å². The van der Waals surface area contributed by atoms with Crippen LogP contribution in [0.1, 0.15) is 24.4 Å². The van der Waals surface area contributed by atoms with E-state index < -0.39 is 0 Å². The molecule has 1 unspecified atom stereocenters. The van der Waals surface area contributed by atoms with E-state index in [1.165, 1.54) is 0 Å². The highest BCUT2D eigenvalue weighted by Crippen LogP contribution is 2.28. The number of anilines is 1. The van der Waals surface area contributed by atoms with Crippen LogP contribution in [0.2, 0.25) is 0 Å². The molecule has 1 aromatic heterocycles.